The van der Waals surface area contributed by atoms with Crippen LogP contribution in [0.2, 0.25) is 0 Å². The molecule has 0 bridgehead atoms. The maximum absolute atomic E-state index is 8.63. The number of aliphatic hydroxyl groups excluding tert-OH is 1. The fourth-order valence-corrected chi connectivity index (χ4v) is 1.82. The van der Waals surface area contributed by atoms with Crippen molar-refractivity contribution in [2.45, 2.75) is 25.0 Å². The molecule has 0 radical (unpaired) electrons. The van der Waals surface area contributed by atoms with Crippen molar-refractivity contribution in [3.05, 3.63) is 0 Å². The molecule has 0 aliphatic carbocycles. The zero-order valence-corrected chi connectivity index (χ0v) is 11.4. The van der Waals surface area contributed by atoms with Gasteiger partial charge in [0.1, 0.15) is 0 Å². The van der Waals surface area contributed by atoms with Crippen molar-refractivity contribution >= 4 is 29.6 Å². The molecule has 0 saturated carbocycles. The molecule has 0 unspecified atom stereocenters. The summed E-state index contributed by atoms with van der Waals surface area (Å²) in [5.41, 5.74) is 0. The Morgan fingerprint density at radius 3 is 2.81 bits per heavy atom. The predicted octanol–water partition coefficient (Wildman–Crippen LogP) is 0.427. The molecule has 1 aliphatic heterocycles. The van der Waals surface area contributed by atoms with Crippen LogP contribution < -0.4 is 5.32 Å². The van der Waals surface area contributed by atoms with Crippen molar-refractivity contribution in [2.75, 3.05) is 33.9 Å². The summed E-state index contributed by atoms with van der Waals surface area (Å²) in [5.74, 6) is 0. The Kier molecular flexibility index (Phi) is 8.23. The van der Waals surface area contributed by atoms with Gasteiger partial charge in [0.2, 0.25) is 0 Å². The van der Waals surface area contributed by atoms with E-state index in [-0.39, 0.29) is 31.2 Å². The molecule has 1 heterocycles. The first-order valence-corrected chi connectivity index (χ1v) is 5.73. The van der Waals surface area contributed by atoms with Crippen LogP contribution in [0.4, 0.5) is 0 Å². The molecule has 4 nitrogen and oxygen atoms in total. The van der Waals surface area contributed by atoms with Gasteiger partial charge in [0.15, 0.2) is 0 Å². The fourth-order valence-electron chi connectivity index (χ4n) is 1.64. The van der Waals surface area contributed by atoms with E-state index in [0.29, 0.717) is 13.0 Å². The summed E-state index contributed by atoms with van der Waals surface area (Å²) in [6.07, 6.45) is 1.88. The average molecular weight is 269 g/mol. The number of halogens is 1. The van der Waals surface area contributed by atoms with E-state index in [4.69, 9.17) is 22.1 Å². The number of hydrogen-bond acceptors (Lipinski definition) is 4. The van der Waals surface area contributed by atoms with Crippen LogP contribution in [0.15, 0.2) is 0 Å². The highest BCUT2D eigenvalue weighted by atomic mass is 35.5. The Labute approximate surface area is 109 Å². The average Bonchev–Trinajstić information content (AvgIpc) is 2.65. The molecule has 0 spiro atoms. The van der Waals surface area contributed by atoms with Gasteiger partial charge in [-0.05, 0) is 12.8 Å². The van der Waals surface area contributed by atoms with Crippen molar-refractivity contribution in [1.29, 1.82) is 0 Å². The number of ether oxygens (including phenoxy) is 1. The van der Waals surface area contributed by atoms with E-state index in [1.807, 2.05) is 19.0 Å². The number of thiocarbonyl (C=S) groups is 1. The summed E-state index contributed by atoms with van der Waals surface area (Å²) in [7, 11) is 3.92. The lowest BCUT2D eigenvalue weighted by Gasteiger charge is -2.19. The van der Waals surface area contributed by atoms with Crippen LogP contribution in [0.25, 0.3) is 0 Å². The molecule has 1 saturated heterocycles. The second-order valence-corrected chi connectivity index (χ2v) is 4.42. The van der Waals surface area contributed by atoms with Crippen molar-refractivity contribution in [1.82, 2.24) is 10.2 Å². The molecule has 16 heavy (non-hydrogen) atoms. The Morgan fingerprint density at radius 1 is 1.56 bits per heavy atom. The summed E-state index contributed by atoms with van der Waals surface area (Å²) in [6, 6.07) is 0.258. The third-order valence-electron chi connectivity index (χ3n) is 2.49. The molecule has 1 rings (SSSR count). The molecule has 2 N–H and O–H groups in total. The molecule has 0 aromatic heterocycles. The molecule has 1 fully saturated rings. The minimum absolute atomic E-state index is 0. The zero-order chi connectivity index (χ0) is 11.3. The van der Waals surface area contributed by atoms with Gasteiger partial charge in [-0.2, -0.15) is 0 Å². The van der Waals surface area contributed by atoms with E-state index in [1.54, 1.807) is 0 Å². The van der Waals surface area contributed by atoms with Gasteiger partial charge in [0, 0.05) is 33.9 Å². The summed E-state index contributed by atoms with van der Waals surface area (Å²) in [5, 5.41) is 12.0. The summed E-state index contributed by atoms with van der Waals surface area (Å²) in [4.78, 5) is 2.89. The lowest BCUT2D eigenvalue weighted by molar-refractivity contribution is 0.0561. The van der Waals surface area contributed by atoms with Gasteiger partial charge in [-0.15, -0.1) is 12.4 Å². The quantitative estimate of drug-likeness (QED) is 0.559. The normalized spacial score (nSPS) is 23.9. The highest BCUT2D eigenvalue weighted by Gasteiger charge is 2.28. The van der Waals surface area contributed by atoms with Crippen LogP contribution in [0.3, 0.4) is 0 Å². The largest absolute Gasteiger partial charge is 0.396 e. The second kappa shape index (κ2) is 8.20. The maximum atomic E-state index is 8.63. The second-order valence-electron chi connectivity index (χ2n) is 4.00. The van der Waals surface area contributed by atoms with E-state index in [1.165, 1.54) is 0 Å². The third-order valence-corrected chi connectivity index (χ3v) is 3.14. The highest BCUT2D eigenvalue weighted by molar-refractivity contribution is 7.80. The molecule has 0 aromatic carbocycles. The molecule has 2 atom stereocenters. The number of likely N-dealkylation sites (N-methyl/N-ethyl adjacent to an activating group) is 1. The van der Waals surface area contributed by atoms with Crippen molar-refractivity contribution in [2.24, 2.45) is 0 Å². The maximum Gasteiger partial charge on any atom is 0.0947 e. The zero-order valence-electron chi connectivity index (χ0n) is 9.81. The van der Waals surface area contributed by atoms with E-state index in [0.717, 1.165) is 18.0 Å². The van der Waals surface area contributed by atoms with Crippen LogP contribution in [0.5, 0.6) is 0 Å². The van der Waals surface area contributed by atoms with Gasteiger partial charge >= 0.3 is 0 Å². The first-order valence-electron chi connectivity index (χ1n) is 5.32. The van der Waals surface area contributed by atoms with Gasteiger partial charge in [-0.1, -0.05) is 12.2 Å². The number of rotatable bonds is 5. The Bertz CT molecular complexity index is 217. The van der Waals surface area contributed by atoms with Gasteiger partial charge in [0.25, 0.3) is 0 Å². The number of nitrogens with one attached hydrogen (secondary N) is 1. The standard InChI is InChI=1S/C10H20N2O2S.ClH/c1-12(2)10(15)9-6-8(7-11-9)14-5-3-4-13;/h8-9,11,13H,3-7H2,1-2H3;1H/t8-,9+;/m1./s1. The van der Waals surface area contributed by atoms with Gasteiger partial charge in [-0.25, -0.2) is 0 Å². The lowest BCUT2D eigenvalue weighted by Crippen LogP contribution is -2.38. The molecular weight excluding hydrogens is 248 g/mol. The Morgan fingerprint density at radius 2 is 2.25 bits per heavy atom. The minimum Gasteiger partial charge on any atom is -0.396 e. The molecule has 1 aliphatic rings. The Hall–Kier alpha value is 0.0600. The summed E-state index contributed by atoms with van der Waals surface area (Å²) in [6.45, 7) is 1.67. The van der Waals surface area contributed by atoms with E-state index in [9.17, 15) is 0 Å². The van der Waals surface area contributed by atoms with Crippen molar-refractivity contribution < 1.29 is 9.84 Å². The number of aliphatic hydroxyl groups is 1. The van der Waals surface area contributed by atoms with Gasteiger partial charge in [-0.3, -0.25) is 0 Å². The lowest BCUT2D eigenvalue weighted by atomic mass is 10.2. The first kappa shape index (κ1) is 16.1. The van der Waals surface area contributed by atoms with Crippen molar-refractivity contribution in [3.8, 4) is 0 Å². The molecule has 0 amide bonds. The van der Waals surface area contributed by atoms with Crippen LogP contribution >= 0.6 is 24.6 Å². The molecule has 96 valence electrons. The highest BCUT2D eigenvalue weighted by Crippen LogP contribution is 2.13. The van der Waals surface area contributed by atoms with E-state index >= 15 is 0 Å². The van der Waals surface area contributed by atoms with Gasteiger partial charge < -0.3 is 20.1 Å². The molecular formula is C10H21ClN2O2S. The SMILES string of the molecule is CN(C)C(=S)[C@@H]1C[C@@H](OCCCO)CN1.Cl. The number of nitrogens with zero attached hydrogens (tertiary/aromatic N) is 1. The van der Waals surface area contributed by atoms with E-state index < -0.39 is 0 Å². The first-order chi connectivity index (χ1) is 7.15. The predicted molar refractivity (Wildman–Crippen MR) is 71.4 cm³/mol. The topological polar surface area (TPSA) is 44.7 Å². The van der Waals surface area contributed by atoms with Gasteiger partial charge in [0.05, 0.1) is 17.1 Å². The smallest absolute Gasteiger partial charge is 0.0947 e. The van der Waals surface area contributed by atoms with Crippen LogP contribution in [-0.4, -0.2) is 61.0 Å². The van der Waals surface area contributed by atoms with Crippen molar-refractivity contribution in [3.63, 3.8) is 0 Å². The summed E-state index contributed by atoms with van der Waals surface area (Å²) >= 11 is 5.29. The molecule has 6 heteroatoms. The van der Waals surface area contributed by atoms with Crippen LogP contribution in [-0.2, 0) is 4.74 Å². The number of hydrogen-bond donors (Lipinski definition) is 2. The fraction of sp³-hybridized carbons (Fsp3) is 0.900. The Balaban J connectivity index is 0.00000225. The molecule has 0 aromatic rings. The minimum atomic E-state index is 0. The van der Waals surface area contributed by atoms with Crippen LogP contribution in [0, 0.1) is 0 Å². The summed E-state index contributed by atoms with van der Waals surface area (Å²) < 4.78 is 5.60. The van der Waals surface area contributed by atoms with E-state index in [2.05, 4.69) is 5.32 Å². The van der Waals surface area contributed by atoms with Crippen LogP contribution in [0.1, 0.15) is 12.8 Å². The third kappa shape index (κ3) is 4.93. The monoisotopic (exact) mass is 268 g/mol.